The molecule has 1 atom stereocenters. The fraction of sp³-hybridized carbons (Fsp3) is 0.182. The average molecular weight is 396 g/mol. The zero-order chi connectivity index (χ0) is 15.6. The third-order valence-electron chi connectivity index (χ3n) is 2.31. The number of amides is 1. The molecular weight excluding hydrogens is 391 g/mol. The Hall–Kier alpha value is -1.44. The van der Waals surface area contributed by atoms with Crippen LogP contribution in [-0.4, -0.2) is 10.9 Å². The van der Waals surface area contributed by atoms with Crippen LogP contribution in [0.5, 0.6) is 0 Å². The van der Waals surface area contributed by atoms with Gasteiger partial charge in [0.15, 0.2) is 15.7 Å². The number of hydrogen-bond donors (Lipinski definition) is 1. The van der Waals surface area contributed by atoms with Crippen LogP contribution in [0.2, 0.25) is 0 Å². The van der Waals surface area contributed by atoms with E-state index in [2.05, 4.69) is 26.2 Å². The molecule has 0 fully saturated rings. The summed E-state index contributed by atoms with van der Waals surface area (Å²) in [6, 6.07) is 4.14. The Morgan fingerprint density at radius 2 is 2.24 bits per heavy atom. The number of carbonyl (C=O) groups excluding carboxylic acids is 1. The van der Waals surface area contributed by atoms with E-state index in [4.69, 9.17) is 5.26 Å². The van der Waals surface area contributed by atoms with Gasteiger partial charge in [0.05, 0.1) is 6.07 Å². The molecule has 4 nitrogen and oxygen atoms in total. The summed E-state index contributed by atoms with van der Waals surface area (Å²) in [5, 5.41) is 13.0. The third-order valence-corrected chi connectivity index (χ3v) is 4.75. The molecule has 21 heavy (non-hydrogen) atoms. The zero-order valence-corrected chi connectivity index (χ0v) is 13.2. The van der Waals surface area contributed by atoms with E-state index in [0.29, 0.717) is 16.2 Å². The maximum atomic E-state index is 12.8. The summed E-state index contributed by atoms with van der Waals surface area (Å²) in [5.74, 6) is -0.981. The number of aromatic nitrogens is 1. The third kappa shape index (κ3) is 3.61. The van der Waals surface area contributed by atoms with Crippen LogP contribution in [0.1, 0.15) is 26.3 Å². The highest BCUT2D eigenvalue weighted by atomic mass is 79.9. The molecule has 0 saturated carbocycles. The first-order valence-electron chi connectivity index (χ1n) is 5.30. The maximum Gasteiger partial charge on any atom is 0.435 e. The van der Waals surface area contributed by atoms with Crippen molar-refractivity contribution < 1.29 is 18.0 Å². The molecule has 2 rings (SSSR count). The number of nitriles is 1. The van der Waals surface area contributed by atoms with Crippen molar-refractivity contribution in [1.82, 2.24) is 10.3 Å². The molecule has 2 heterocycles. The van der Waals surface area contributed by atoms with Crippen LogP contribution >= 0.6 is 38.6 Å². The van der Waals surface area contributed by atoms with Crippen LogP contribution in [-0.2, 0) is 6.18 Å². The fourth-order valence-corrected chi connectivity index (χ4v) is 3.56. The molecule has 1 unspecified atom stereocenters. The summed E-state index contributed by atoms with van der Waals surface area (Å²) in [6.07, 6.45) is -4.74. The summed E-state index contributed by atoms with van der Waals surface area (Å²) < 4.78 is 38.3. The minimum absolute atomic E-state index is 0.0513. The molecule has 1 N–H and O–H groups in total. The van der Waals surface area contributed by atoms with Crippen molar-refractivity contribution in [2.45, 2.75) is 12.2 Å². The quantitative estimate of drug-likeness (QED) is 0.854. The van der Waals surface area contributed by atoms with Crippen molar-refractivity contribution in [1.29, 1.82) is 5.26 Å². The molecule has 110 valence electrons. The molecule has 0 spiro atoms. The Morgan fingerprint density at radius 1 is 1.52 bits per heavy atom. The molecule has 2 aromatic heterocycles. The number of nitrogens with one attached hydrogen (secondary N) is 1. The monoisotopic (exact) mass is 395 g/mol. The van der Waals surface area contributed by atoms with Crippen molar-refractivity contribution in [3.8, 4) is 6.07 Å². The first-order valence-corrected chi connectivity index (χ1v) is 7.79. The summed E-state index contributed by atoms with van der Waals surface area (Å²) in [7, 11) is 0. The van der Waals surface area contributed by atoms with Crippen molar-refractivity contribution in [3.63, 3.8) is 0 Å². The first-order chi connectivity index (χ1) is 9.82. The van der Waals surface area contributed by atoms with Gasteiger partial charge in [-0.15, -0.1) is 22.7 Å². The maximum absolute atomic E-state index is 12.8. The molecule has 0 bridgehead atoms. The minimum Gasteiger partial charge on any atom is -0.331 e. The van der Waals surface area contributed by atoms with Gasteiger partial charge in [-0.25, -0.2) is 4.98 Å². The van der Waals surface area contributed by atoms with Crippen molar-refractivity contribution in [3.05, 3.63) is 36.9 Å². The predicted molar refractivity (Wildman–Crippen MR) is 75.0 cm³/mol. The highest BCUT2D eigenvalue weighted by Crippen LogP contribution is 2.36. The van der Waals surface area contributed by atoms with Crippen LogP contribution in [0, 0.1) is 11.3 Å². The van der Waals surface area contributed by atoms with E-state index in [-0.39, 0.29) is 3.92 Å². The number of rotatable bonds is 3. The topological polar surface area (TPSA) is 65.8 Å². The summed E-state index contributed by atoms with van der Waals surface area (Å²) >= 11 is 4.62. The molecule has 0 radical (unpaired) electrons. The predicted octanol–water partition coefficient (Wildman–Crippen LogP) is 3.98. The Morgan fingerprint density at radius 3 is 2.76 bits per heavy atom. The molecule has 0 saturated heterocycles. The Balaban J connectivity index is 2.27. The van der Waals surface area contributed by atoms with E-state index in [1.165, 1.54) is 11.3 Å². The Kier molecular flexibility index (Phi) is 4.65. The van der Waals surface area contributed by atoms with Gasteiger partial charge in [-0.3, -0.25) is 4.79 Å². The number of halogens is 4. The number of nitrogens with zero attached hydrogens (tertiary/aromatic N) is 2. The van der Waals surface area contributed by atoms with Crippen LogP contribution in [0.4, 0.5) is 13.2 Å². The van der Waals surface area contributed by atoms with Crippen LogP contribution < -0.4 is 5.32 Å². The lowest BCUT2D eigenvalue weighted by molar-refractivity contribution is -0.141. The molecule has 2 aromatic rings. The van der Waals surface area contributed by atoms with Gasteiger partial charge in [0.2, 0.25) is 0 Å². The largest absolute Gasteiger partial charge is 0.435 e. The fourth-order valence-electron chi connectivity index (χ4n) is 1.46. The number of alkyl halides is 3. The van der Waals surface area contributed by atoms with Crippen LogP contribution in [0.15, 0.2) is 21.4 Å². The first kappa shape index (κ1) is 15.9. The standard InChI is InChI=1S/C11H5BrF3N3OS2/c12-10-18-8(11(13,14)15)7(21-10)9(19)17-5(4-16)6-2-1-3-20-6/h1-3,5H,(H,17,19). The van der Waals surface area contributed by atoms with Gasteiger partial charge in [-0.2, -0.15) is 18.4 Å². The van der Waals surface area contributed by atoms with Gasteiger partial charge in [0.1, 0.15) is 4.88 Å². The average Bonchev–Trinajstić information content (AvgIpc) is 3.03. The van der Waals surface area contributed by atoms with Gasteiger partial charge in [0.25, 0.3) is 5.91 Å². The Bertz CT molecular complexity index is 691. The van der Waals surface area contributed by atoms with Crippen molar-refractivity contribution >= 4 is 44.5 Å². The van der Waals surface area contributed by atoms with E-state index in [0.717, 1.165) is 0 Å². The number of thiazole rings is 1. The number of thiophene rings is 1. The van der Waals surface area contributed by atoms with Crippen LogP contribution in [0.25, 0.3) is 0 Å². The summed E-state index contributed by atoms with van der Waals surface area (Å²) in [5.41, 5.74) is -1.26. The molecule has 0 aliphatic heterocycles. The van der Waals surface area contributed by atoms with E-state index in [1.807, 2.05) is 6.07 Å². The second-order valence-electron chi connectivity index (χ2n) is 3.69. The molecular formula is C11H5BrF3N3OS2. The molecule has 0 aliphatic rings. The van der Waals surface area contributed by atoms with E-state index in [9.17, 15) is 18.0 Å². The van der Waals surface area contributed by atoms with E-state index in [1.54, 1.807) is 17.5 Å². The highest BCUT2D eigenvalue weighted by molar-refractivity contribution is 9.11. The van der Waals surface area contributed by atoms with Crippen molar-refractivity contribution in [2.24, 2.45) is 0 Å². The second-order valence-corrected chi connectivity index (χ2v) is 6.95. The molecule has 0 aliphatic carbocycles. The van der Waals surface area contributed by atoms with Gasteiger partial charge >= 0.3 is 6.18 Å². The van der Waals surface area contributed by atoms with Gasteiger partial charge in [-0.1, -0.05) is 6.07 Å². The lowest BCUT2D eigenvalue weighted by atomic mass is 10.2. The van der Waals surface area contributed by atoms with Crippen molar-refractivity contribution in [2.75, 3.05) is 0 Å². The lowest BCUT2D eigenvalue weighted by Gasteiger charge is -2.10. The van der Waals surface area contributed by atoms with E-state index >= 15 is 0 Å². The summed E-state index contributed by atoms with van der Waals surface area (Å²) in [4.78, 5) is 15.2. The summed E-state index contributed by atoms with van der Waals surface area (Å²) in [6.45, 7) is 0. The van der Waals surface area contributed by atoms with Gasteiger partial charge in [0, 0.05) is 4.88 Å². The molecule has 10 heteroatoms. The van der Waals surface area contributed by atoms with E-state index < -0.39 is 28.7 Å². The molecule has 1 amide bonds. The highest BCUT2D eigenvalue weighted by Gasteiger charge is 2.39. The molecule has 0 aromatic carbocycles. The second kappa shape index (κ2) is 6.13. The number of hydrogen-bond acceptors (Lipinski definition) is 5. The minimum atomic E-state index is -4.74. The SMILES string of the molecule is N#CC(NC(=O)c1sc(Br)nc1C(F)(F)F)c1cccs1. The lowest BCUT2D eigenvalue weighted by Crippen LogP contribution is -2.28. The van der Waals surface area contributed by atoms with Gasteiger partial charge in [-0.05, 0) is 27.4 Å². The zero-order valence-electron chi connectivity index (χ0n) is 9.94. The normalized spacial score (nSPS) is 12.7. The van der Waals surface area contributed by atoms with Gasteiger partial charge < -0.3 is 5.32 Å². The van der Waals surface area contributed by atoms with Crippen LogP contribution in [0.3, 0.4) is 0 Å². The number of carbonyl (C=O) groups is 1. The Labute approximate surface area is 133 Å². The smallest absolute Gasteiger partial charge is 0.331 e.